The summed E-state index contributed by atoms with van der Waals surface area (Å²) in [5.41, 5.74) is 0.0899. The van der Waals surface area contributed by atoms with Gasteiger partial charge in [-0.2, -0.15) is 0 Å². The third-order valence-electron chi connectivity index (χ3n) is 2.94. The van der Waals surface area contributed by atoms with Crippen LogP contribution >= 0.6 is 11.6 Å². The molecule has 1 aliphatic rings. The van der Waals surface area contributed by atoms with Gasteiger partial charge in [-0.15, -0.1) is 0 Å². The number of aliphatic hydroxyl groups is 1. The first-order chi connectivity index (χ1) is 10.4. The van der Waals surface area contributed by atoms with Crippen LogP contribution in [0.3, 0.4) is 0 Å². The van der Waals surface area contributed by atoms with Gasteiger partial charge < -0.3 is 19.3 Å². The Morgan fingerprint density at radius 2 is 1.95 bits per heavy atom. The molecule has 2 rings (SSSR count). The summed E-state index contributed by atoms with van der Waals surface area (Å²) in [5, 5.41) is 11.0. The van der Waals surface area contributed by atoms with Gasteiger partial charge in [-0.05, 0) is 38.1 Å². The molecule has 1 unspecified atom stereocenters. The number of hydrogen-bond acceptors (Lipinski definition) is 6. The zero-order valence-electron chi connectivity index (χ0n) is 12.1. The number of halogens is 1. The summed E-state index contributed by atoms with van der Waals surface area (Å²) in [6.07, 6.45) is 1.31. The Balaban J connectivity index is 2.53. The van der Waals surface area contributed by atoms with Crippen molar-refractivity contribution in [3.63, 3.8) is 0 Å². The van der Waals surface area contributed by atoms with Gasteiger partial charge in [0.1, 0.15) is 11.3 Å². The largest absolute Gasteiger partial charge is 0.462 e. The van der Waals surface area contributed by atoms with E-state index >= 15 is 0 Å². The van der Waals surface area contributed by atoms with Crippen LogP contribution in [0.15, 0.2) is 23.8 Å². The summed E-state index contributed by atoms with van der Waals surface area (Å²) >= 11 is 5.89. The van der Waals surface area contributed by atoms with E-state index in [1.807, 2.05) is 0 Å². The molecular formula is C15H15ClO6. The van der Waals surface area contributed by atoms with Crippen molar-refractivity contribution in [2.45, 2.75) is 19.6 Å². The second-order valence-corrected chi connectivity index (χ2v) is 4.86. The van der Waals surface area contributed by atoms with Crippen molar-refractivity contribution in [1.82, 2.24) is 0 Å². The number of benzene rings is 1. The highest BCUT2D eigenvalue weighted by Crippen LogP contribution is 2.37. The normalized spacial score (nSPS) is 19.5. The van der Waals surface area contributed by atoms with Crippen LogP contribution in [-0.4, -0.2) is 36.0 Å². The number of fused-ring (bicyclic) bond motifs is 1. The maximum atomic E-state index is 12.0. The van der Waals surface area contributed by atoms with Crippen LogP contribution in [-0.2, 0) is 19.1 Å². The summed E-state index contributed by atoms with van der Waals surface area (Å²) in [4.78, 5) is 24.1. The average molecular weight is 327 g/mol. The van der Waals surface area contributed by atoms with Gasteiger partial charge >= 0.3 is 17.7 Å². The molecule has 1 aromatic rings. The summed E-state index contributed by atoms with van der Waals surface area (Å²) in [7, 11) is 0. The summed E-state index contributed by atoms with van der Waals surface area (Å²) in [5.74, 6) is -4.31. The van der Waals surface area contributed by atoms with Crippen molar-refractivity contribution in [1.29, 1.82) is 0 Å². The third-order valence-corrected chi connectivity index (χ3v) is 3.18. The van der Waals surface area contributed by atoms with Gasteiger partial charge in [-0.3, -0.25) is 0 Å². The van der Waals surface area contributed by atoms with Crippen LogP contribution in [0.5, 0.6) is 5.75 Å². The number of carbonyl (C=O) groups excluding carboxylic acids is 2. The molecule has 7 heteroatoms. The van der Waals surface area contributed by atoms with Gasteiger partial charge in [-0.1, -0.05) is 11.6 Å². The zero-order valence-corrected chi connectivity index (χ0v) is 12.8. The highest BCUT2D eigenvalue weighted by molar-refractivity contribution is 6.30. The van der Waals surface area contributed by atoms with Crippen molar-refractivity contribution in [3.8, 4) is 5.75 Å². The molecule has 0 aromatic heterocycles. The molecule has 1 atom stereocenters. The highest BCUT2D eigenvalue weighted by Gasteiger charge is 2.51. The van der Waals surface area contributed by atoms with Gasteiger partial charge in [0, 0.05) is 10.6 Å². The Kier molecular flexibility index (Phi) is 4.73. The predicted molar refractivity (Wildman–Crippen MR) is 78.3 cm³/mol. The van der Waals surface area contributed by atoms with Crippen molar-refractivity contribution >= 4 is 29.6 Å². The molecule has 22 heavy (non-hydrogen) atoms. The van der Waals surface area contributed by atoms with Gasteiger partial charge in [-0.25, -0.2) is 9.59 Å². The van der Waals surface area contributed by atoms with Gasteiger partial charge in [0.05, 0.1) is 13.2 Å². The van der Waals surface area contributed by atoms with Gasteiger partial charge in [0.25, 0.3) is 0 Å². The lowest BCUT2D eigenvalue weighted by atomic mass is 9.98. The molecule has 0 bridgehead atoms. The van der Waals surface area contributed by atoms with E-state index in [2.05, 4.69) is 0 Å². The molecule has 1 heterocycles. The molecule has 0 aliphatic carbocycles. The number of esters is 2. The van der Waals surface area contributed by atoms with Crippen LogP contribution in [0.4, 0.5) is 0 Å². The lowest BCUT2D eigenvalue weighted by Crippen LogP contribution is -2.51. The van der Waals surface area contributed by atoms with Crippen molar-refractivity contribution < 1.29 is 28.9 Å². The summed E-state index contributed by atoms with van der Waals surface area (Å²) in [6, 6.07) is 4.57. The predicted octanol–water partition coefficient (Wildman–Crippen LogP) is 1.93. The van der Waals surface area contributed by atoms with E-state index in [1.54, 1.807) is 19.9 Å². The molecule has 118 valence electrons. The SMILES string of the molecule is CCOC(=O)C1=Cc2cc(Cl)ccc2OC1(O)C(=O)OCC. The van der Waals surface area contributed by atoms with E-state index in [-0.39, 0.29) is 24.5 Å². The molecule has 0 spiro atoms. The summed E-state index contributed by atoms with van der Waals surface area (Å²) in [6.45, 7) is 3.29. The van der Waals surface area contributed by atoms with E-state index in [9.17, 15) is 14.7 Å². The first-order valence-electron chi connectivity index (χ1n) is 6.69. The van der Waals surface area contributed by atoms with Crippen LogP contribution in [0.25, 0.3) is 6.08 Å². The van der Waals surface area contributed by atoms with Crippen LogP contribution < -0.4 is 4.74 Å². The van der Waals surface area contributed by atoms with Crippen molar-refractivity contribution in [2.75, 3.05) is 13.2 Å². The molecule has 0 saturated heterocycles. The number of hydrogen-bond donors (Lipinski definition) is 1. The fourth-order valence-electron chi connectivity index (χ4n) is 1.98. The molecule has 1 aromatic carbocycles. The first kappa shape index (κ1) is 16.3. The number of carbonyl (C=O) groups is 2. The highest BCUT2D eigenvalue weighted by atomic mass is 35.5. The second-order valence-electron chi connectivity index (χ2n) is 4.43. The molecule has 6 nitrogen and oxygen atoms in total. The molecule has 0 saturated carbocycles. The molecule has 1 aliphatic heterocycles. The Hall–Kier alpha value is -2.05. The smallest absolute Gasteiger partial charge is 0.385 e. The van der Waals surface area contributed by atoms with E-state index in [0.29, 0.717) is 10.6 Å². The molecular weight excluding hydrogens is 312 g/mol. The zero-order chi connectivity index (χ0) is 16.3. The van der Waals surface area contributed by atoms with Gasteiger partial charge in [0.2, 0.25) is 0 Å². The second kappa shape index (κ2) is 6.37. The minimum absolute atomic E-state index is 0.0219. The Bertz CT molecular complexity index is 639. The van der Waals surface area contributed by atoms with Crippen LogP contribution in [0.1, 0.15) is 19.4 Å². The van der Waals surface area contributed by atoms with E-state index in [1.165, 1.54) is 18.2 Å². The van der Waals surface area contributed by atoms with Crippen LogP contribution in [0, 0.1) is 0 Å². The maximum Gasteiger partial charge on any atom is 0.385 e. The Labute approximate surface area is 132 Å². The standard InChI is InChI=1S/C15H15ClO6/c1-3-20-13(17)11-8-9-7-10(16)5-6-12(9)22-15(11,19)14(18)21-4-2/h5-8,19H,3-4H2,1-2H3. The molecule has 0 fully saturated rings. The average Bonchev–Trinajstić information content (AvgIpc) is 2.47. The Morgan fingerprint density at radius 3 is 2.59 bits per heavy atom. The molecule has 0 amide bonds. The fraction of sp³-hybridized carbons (Fsp3) is 0.333. The topological polar surface area (TPSA) is 82.1 Å². The monoisotopic (exact) mass is 326 g/mol. The third kappa shape index (κ3) is 2.93. The van der Waals surface area contributed by atoms with Gasteiger partial charge in [0.15, 0.2) is 0 Å². The Morgan fingerprint density at radius 1 is 1.27 bits per heavy atom. The molecule has 0 radical (unpaired) electrons. The van der Waals surface area contributed by atoms with E-state index in [0.717, 1.165) is 0 Å². The maximum absolute atomic E-state index is 12.0. The van der Waals surface area contributed by atoms with Crippen LogP contribution in [0.2, 0.25) is 5.02 Å². The minimum atomic E-state index is -2.55. The minimum Gasteiger partial charge on any atom is -0.462 e. The van der Waals surface area contributed by atoms with Crippen molar-refractivity contribution in [2.24, 2.45) is 0 Å². The quantitative estimate of drug-likeness (QED) is 0.851. The lowest BCUT2D eigenvalue weighted by molar-refractivity contribution is -0.192. The number of rotatable bonds is 4. The number of ether oxygens (including phenoxy) is 3. The van der Waals surface area contributed by atoms with Crippen molar-refractivity contribution in [3.05, 3.63) is 34.4 Å². The van der Waals surface area contributed by atoms with E-state index in [4.69, 9.17) is 25.8 Å². The first-order valence-corrected chi connectivity index (χ1v) is 7.07. The van der Waals surface area contributed by atoms with E-state index < -0.39 is 17.7 Å². The molecule has 1 N–H and O–H groups in total. The fourth-order valence-corrected chi connectivity index (χ4v) is 2.16. The lowest BCUT2D eigenvalue weighted by Gasteiger charge is -2.31. The summed E-state index contributed by atoms with van der Waals surface area (Å²) < 4.78 is 15.0.